The molecule has 248 valence electrons. The second-order valence-electron chi connectivity index (χ2n) is 11.1. The summed E-state index contributed by atoms with van der Waals surface area (Å²) in [4.78, 5) is 23.0. The maximum atomic E-state index is 13.2. The fourth-order valence-electron chi connectivity index (χ4n) is 5.47. The second-order valence-corrected chi connectivity index (χ2v) is 13.6. The van der Waals surface area contributed by atoms with Crippen LogP contribution in [0.15, 0.2) is 65.6 Å². The van der Waals surface area contributed by atoms with E-state index in [1.54, 1.807) is 19.1 Å². The number of thiazole rings is 1. The number of carbonyl (C=O) groups is 1. The zero-order valence-electron chi connectivity index (χ0n) is 25.6. The molecule has 2 aliphatic heterocycles. The Kier molecular flexibility index (Phi) is 10.5. The molecule has 0 saturated carbocycles. The van der Waals surface area contributed by atoms with Gasteiger partial charge in [-0.15, -0.1) is 23.1 Å². The molecule has 1 aromatic heterocycles. The number of anilines is 1. The zero-order chi connectivity index (χ0) is 33.0. The highest BCUT2D eigenvalue weighted by Gasteiger charge is 2.30. The van der Waals surface area contributed by atoms with E-state index in [4.69, 9.17) is 30.8 Å². The largest absolute Gasteiger partial charge is 0.493 e. The molecule has 1 fully saturated rings. The van der Waals surface area contributed by atoms with Crippen LogP contribution < -0.4 is 14.4 Å². The van der Waals surface area contributed by atoms with Gasteiger partial charge in [-0.25, -0.2) is 4.98 Å². The van der Waals surface area contributed by atoms with Crippen LogP contribution in [0.25, 0.3) is 10.6 Å². The molecule has 0 unspecified atom stereocenters. The number of hydrogen-bond acceptors (Lipinski definition) is 9. The Morgan fingerprint density at radius 2 is 1.85 bits per heavy atom. The van der Waals surface area contributed by atoms with Gasteiger partial charge in [-0.2, -0.15) is 13.2 Å². The number of piperazine rings is 1. The lowest BCUT2D eigenvalue weighted by atomic mass is 10.1. The first kappa shape index (κ1) is 33.5. The smallest absolute Gasteiger partial charge is 0.416 e. The molecule has 1 saturated heterocycles. The van der Waals surface area contributed by atoms with Gasteiger partial charge in [0.15, 0.2) is 0 Å². The van der Waals surface area contributed by atoms with Gasteiger partial charge >= 0.3 is 12.1 Å². The summed E-state index contributed by atoms with van der Waals surface area (Å²) >= 11 is 9.27. The first-order chi connectivity index (χ1) is 22.7. The van der Waals surface area contributed by atoms with Crippen LogP contribution in [0.3, 0.4) is 0 Å². The van der Waals surface area contributed by atoms with Gasteiger partial charge in [0.05, 0.1) is 40.1 Å². The Morgan fingerprint density at radius 3 is 2.57 bits per heavy atom. The van der Waals surface area contributed by atoms with Gasteiger partial charge in [-0.1, -0.05) is 23.7 Å². The molecule has 4 aromatic rings. The number of fused-ring (bicyclic) bond motifs is 1. The third kappa shape index (κ3) is 8.35. The lowest BCUT2D eigenvalue weighted by Gasteiger charge is -2.36. The van der Waals surface area contributed by atoms with Gasteiger partial charge in [0.25, 0.3) is 0 Å². The Balaban J connectivity index is 1.15. The van der Waals surface area contributed by atoms with Crippen molar-refractivity contribution in [2.24, 2.45) is 0 Å². The number of halogens is 4. The Morgan fingerprint density at radius 1 is 1.06 bits per heavy atom. The maximum absolute atomic E-state index is 13.2. The predicted octanol–water partition coefficient (Wildman–Crippen LogP) is 7.97. The summed E-state index contributed by atoms with van der Waals surface area (Å²) in [5.41, 5.74) is 3.18. The van der Waals surface area contributed by atoms with E-state index in [-0.39, 0.29) is 18.3 Å². The van der Waals surface area contributed by atoms with Crippen molar-refractivity contribution >= 4 is 46.4 Å². The minimum Gasteiger partial charge on any atom is -0.493 e. The highest BCUT2D eigenvalue weighted by molar-refractivity contribution is 8.00. The molecule has 2 aliphatic rings. The summed E-state index contributed by atoms with van der Waals surface area (Å²) in [7, 11) is 0. The van der Waals surface area contributed by atoms with E-state index in [0.717, 1.165) is 72.6 Å². The number of ether oxygens (including phenoxy) is 3. The molecular weight excluding hydrogens is 671 g/mol. The van der Waals surface area contributed by atoms with E-state index in [1.165, 1.54) is 46.5 Å². The van der Waals surface area contributed by atoms with Crippen molar-refractivity contribution in [1.82, 2.24) is 9.88 Å². The van der Waals surface area contributed by atoms with E-state index in [0.29, 0.717) is 34.5 Å². The van der Waals surface area contributed by atoms with Crippen LogP contribution in [0.4, 0.5) is 18.9 Å². The van der Waals surface area contributed by atoms with Crippen molar-refractivity contribution in [2.45, 2.75) is 37.6 Å². The molecule has 0 atom stereocenters. The molecule has 0 radical (unpaired) electrons. The Bertz CT molecular complexity index is 1710. The molecule has 0 N–H and O–H groups in total. The molecule has 0 amide bonds. The summed E-state index contributed by atoms with van der Waals surface area (Å²) in [6.07, 6.45) is -3.48. The second kappa shape index (κ2) is 14.8. The molecule has 6 rings (SSSR count). The molecule has 3 heterocycles. The monoisotopic (exact) mass is 703 g/mol. The quantitative estimate of drug-likeness (QED) is 0.115. The third-order valence-corrected chi connectivity index (χ3v) is 10.3. The fourth-order valence-corrected chi connectivity index (χ4v) is 7.49. The van der Waals surface area contributed by atoms with Crippen LogP contribution in [0, 0.1) is 0 Å². The Hall–Kier alpha value is -3.45. The predicted molar refractivity (Wildman–Crippen MR) is 179 cm³/mol. The van der Waals surface area contributed by atoms with Crippen LogP contribution in [-0.4, -0.2) is 61.0 Å². The van der Waals surface area contributed by atoms with E-state index < -0.39 is 11.7 Å². The number of aromatic nitrogens is 1. The van der Waals surface area contributed by atoms with E-state index in [9.17, 15) is 18.0 Å². The average Bonchev–Trinajstić information content (AvgIpc) is 3.70. The SMILES string of the molecule is CCOC(=O)CSc1ccc(OCc2sc(-c3ccc(C(F)(F)F)cc3)nc2CN2CCN(c3ccc4c(c3)CCO4)CC2)c(Cl)c1. The van der Waals surface area contributed by atoms with E-state index in [1.807, 2.05) is 6.07 Å². The lowest BCUT2D eigenvalue weighted by molar-refractivity contribution is -0.140. The van der Waals surface area contributed by atoms with Crippen molar-refractivity contribution in [3.63, 3.8) is 0 Å². The minimum absolute atomic E-state index is 0.178. The standard InChI is InChI=1S/C34H33ClF3N3O4S2/c1-2-43-32(42)21-46-26-8-10-30(27(35)18-26)45-20-31-28(39-33(47-31)22-3-5-24(6-4-22)34(36,37)38)19-40-12-14-41(15-13-40)25-7-9-29-23(17-25)11-16-44-29/h3-10,17-18H,2,11-16,19-21H2,1H3. The van der Waals surface area contributed by atoms with Crippen molar-refractivity contribution < 1.29 is 32.2 Å². The number of nitrogens with zero attached hydrogens (tertiary/aromatic N) is 3. The number of rotatable bonds is 11. The van der Waals surface area contributed by atoms with Gasteiger partial charge in [-0.05, 0) is 61.0 Å². The van der Waals surface area contributed by atoms with Gasteiger partial charge < -0.3 is 19.1 Å². The van der Waals surface area contributed by atoms with Crippen LogP contribution >= 0.6 is 34.7 Å². The molecule has 0 aliphatic carbocycles. The summed E-state index contributed by atoms with van der Waals surface area (Å²) < 4.78 is 56.4. The van der Waals surface area contributed by atoms with Gasteiger partial charge in [-0.3, -0.25) is 9.69 Å². The molecule has 0 bridgehead atoms. The number of alkyl halides is 3. The van der Waals surface area contributed by atoms with Crippen molar-refractivity contribution in [3.05, 3.63) is 87.4 Å². The normalized spacial score (nSPS) is 15.0. The molecule has 47 heavy (non-hydrogen) atoms. The third-order valence-electron chi connectivity index (χ3n) is 7.95. The highest BCUT2D eigenvalue weighted by atomic mass is 35.5. The summed E-state index contributed by atoms with van der Waals surface area (Å²) in [6.45, 7) is 6.98. The van der Waals surface area contributed by atoms with E-state index >= 15 is 0 Å². The Labute approximate surface area is 284 Å². The highest BCUT2D eigenvalue weighted by Crippen LogP contribution is 2.36. The lowest BCUT2D eigenvalue weighted by Crippen LogP contribution is -2.46. The summed E-state index contributed by atoms with van der Waals surface area (Å²) in [5.74, 6) is 1.34. The number of benzene rings is 3. The fraction of sp³-hybridized carbons (Fsp3) is 0.353. The number of carbonyl (C=O) groups excluding carboxylic acids is 1. The van der Waals surface area contributed by atoms with E-state index in [2.05, 4.69) is 28.0 Å². The number of esters is 1. The van der Waals surface area contributed by atoms with Crippen LogP contribution in [0.2, 0.25) is 5.02 Å². The minimum atomic E-state index is -4.41. The summed E-state index contributed by atoms with van der Waals surface area (Å²) in [6, 6.07) is 16.8. The van der Waals surface area contributed by atoms with Gasteiger partial charge in [0.1, 0.15) is 23.1 Å². The van der Waals surface area contributed by atoms with Gasteiger partial charge in [0, 0.05) is 55.3 Å². The van der Waals surface area contributed by atoms with Gasteiger partial charge in [0.2, 0.25) is 0 Å². The molecule has 0 spiro atoms. The van der Waals surface area contributed by atoms with Crippen LogP contribution in [0.5, 0.6) is 11.5 Å². The number of hydrogen-bond donors (Lipinski definition) is 0. The van der Waals surface area contributed by atoms with Crippen molar-refractivity contribution in [1.29, 1.82) is 0 Å². The molecule has 3 aromatic carbocycles. The molecular formula is C34H33ClF3N3O4S2. The average molecular weight is 704 g/mol. The van der Waals surface area contributed by atoms with Crippen LogP contribution in [0.1, 0.15) is 28.6 Å². The maximum Gasteiger partial charge on any atom is 0.416 e. The summed E-state index contributed by atoms with van der Waals surface area (Å²) in [5, 5.41) is 1.03. The molecule has 7 nitrogen and oxygen atoms in total. The van der Waals surface area contributed by atoms with Crippen molar-refractivity contribution in [3.8, 4) is 22.1 Å². The first-order valence-corrected chi connectivity index (χ1v) is 17.4. The van der Waals surface area contributed by atoms with Crippen molar-refractivity contribution in [2.75, 3.05) is 50.0 Å². The first-order valence-electron chi connectivity index (χ1n) is 15.3. The zero-order valence-corrected chi connectivity index (χ0v) is 28.0. The molecule has 13 heteroatoms. The number of thioether (sulfide) groups is 1. The topological polar surface area (TPSA) is 64.1 Å². The van der Waals surface area contributed by atoms with Crippen LogP contribution in [-0.2, 0) is 35.3 Å².